The topological polar surface area (TPSA) is 53.3 Å². The maximum Gasteiger partial charge on any atom is 0.134 e. The average Bonchev–Trinajstić information content (AvgIpc) is 3.07. The van der Waals surface area contributed by atoms with Crippen molar-refractivity contribution in [3.05, 3.63) is 29.8 Å². The summed E-state index contributed by atoms with van der Waals surface area (Å²) in [6, 6.07) is 4.29. The summed E-state index contributed by atoms with van der Waals surface area (Å²) in [5, 5.41) is 4.27. The highest BCUT2D eigenvalue weighted by Gasteiger charge is 2.21. The highest BCUT2D eigenvalue weighted by Crippen LogP contribution is 2.23. The first kappa shape index (κ1) is 17.3. The minimum atomic E-state index is 0.875. The molecule has 2 saturated heterocycles. The van der Waals surface area contributed by atoms with Gasteiger partial charge in [-0.15, -0.1) is 0 Å². The number of piperidine rings is 1. The van der Waals surface area contributed by atoms with Crippen molar-refractivity contribution in [3.8, 4) is 0 Å². The van der Waals surface area contributed by atoms with Gasteiger partial charge in [-0.2, -0.15) is 5.10 Å². The summed E-state index contributed by atoms with van der Waals surface area (Å²) in [5.41, 5.74) is 1.27. The molecular formula is C19H29N7. The Hall–Kier alpha value is -2.15. The maximum absolute atomic E-state index is 4.72. The molecule has 0 aliphatic carbocycles. The van der Waals surface area contributed by atoms with Gasteiger partial charge in [0, 0.05) is 65.1 Å². The summed E-state index contributed by atoms with van der Waals surface area (Å²) in [6.07, 6.45) is 5.75. The molecule has 0 spiro atoms. The minimum absolute atomic E-state index is 0.875. The molecule has 0 N–H and O–H groups in total. The van der Waals surface area contributed by atoms with Gasteiger partial charge in [0.1, 0.15) is 17.5 Å². The van der Waals surface area contributed by atoms with Crippen LogP contribution in [0.15, 0.2) is 18.3 Å². The molecule has 140 valence electrons. The highest BCUT2D eigenvalue weighted by molar-refractivity contribution is 5.51. The van der Waals surface area contributed by atoms with Crippen molar-refractivity contribution in [1.82, 2.24) is 24.6 Å². The number of piperazine rings is 1. The number of aryl methyl sites for hydroxylation is 2. The molecule has 0 radical (unpaired) electrons. The van der Waals surface area contributed by atoms with Crippen LogP contribution in [0.4, 0.5) is 11.6 Å². The number of anilines is 2. The van der Waals surface area contributed by atoms with Crippen molar-refractivity contribution < 1.29 is 0 Å². The normalized spacial score (nSPS) is 19.2. The Morgan fingerprint density at radius 3 is 2.15 bits per heavy atom. The van der Waals surface area contributed by atoms with Gasteiger partial charge in [0.2, 0.25) is 0 Å². The first-order valence-corrected chi connectivity index (χ1v) is 9.74. The van der Waals surface area contributed by atoms with Crippen LogP contribution in [-0.2, 0) is 13.6 Å². The first-order chi connectivity index (χ1) is 12.7. The fourth-order valence-electron chi connectivity index (χ4n) is 3.90. The standard InChI is InChI=1S/C19H29N7/c1-16-21-18(25-8-4-3-5-9-25)14-19(22-16)26-12-10-24(11-13-26)15-17-6-7-20-23(17)2/h6-7,14H,3-5,8-13,15H2,1-2H3. The van der Waals surface area contributed by atoms with Gasteiger partial charge in [0.25, 0.3) is 0 Å². The Labute approximate surface area is 155 Å². The molecule has 0 aromatic carbocycles. The Balaban J connectivity index is 1.40. The van der Waals surface area contributed by atoms with Crippen LogP contribution >= 0.6 is 0 Å². The molecule has 2 aromatic rings. The monoisotopic (exact) mass is 355 g/mol. The summed E-state index contributed by atoms with van der Waals surface area (Å²) in [4.78, 5) is 16.7. The second-order valence-electron chi connectivity index (χ2n) is 7.39. The third-order valence-corrected chi connectivity index (χ3v) is 5.50. The number of nitrogens with zero attached hydrogens (tertiary/aromatic N) is 7. The minimum Gasteiger partial charge on any atom is -0.356 e. The molecule has 0 bridgehead atoms. The van der Waals surface area contributed by atoms with Crippen LogP contribution in [0.25, 0.3) is 0 Å². The molecule has 4 heterocycles. The van der Waals surface area contributed by atoms with Crippen LogP contribution in [0.3, 0.4) is 0 Å². The summed E-state index contributed by atoms with van der Waals surface area (Å²) in [7, 11) is 2.01. The molecule has 7 nitrogen and oxygen atoms in total. The smallest absolute Gasteiger partial charge is 0.134 e. The highest BCUT2D eigenvalue weighted by atomic mass is 15.3. The molecule has 0 amide bonds. The van der Waals surface area contributed by atoms with Crippen molar-refractivity contribution in [2.24, 2.45) is 7.05 Å². The molecule has 4 rings (SSSR count). The summed E-state index contributed by atoms with van der Waals surface area (Å²) in [5.74, 6) is 3.06. The van der Waals surface area contributed by atoms with E-state index in [1.807, 2.05) is 24.9 Å². The fraction of sp³-hybridized carbons (Fsp3) is 0.632. The molecule has 2 aliphatic heterocycles. The molecule has 2 aliphatic rings. The van der Waals surface area contributed by atoms with E-state index in [0.29, 0.717) is 0 Å². The maximum atomic E-state index is 4.72. The van der Waals surface area contributed by atoms with Gasteiger partial charge in [-0.1, -0.05) is 0 Å². The third kappa shape index (κ3) is 3.82. The average molecular weight is 355 g/mol. The predicted octanol–water partition coefficient (Wildman–Crippen LogP) is 1.83. The van der Waals surface area contributed by atoms with Crippen molar-refractivity contribution in [3.63, 3.8) is 0 Å². The summed E-state index contributed by atoms with van der Waals surface area (Å²) < 4.78 is 1.96. The van der Waals surface area contributed by atoms with Crippen molar-refractivity contribution in [2.45, 2.75) is 32.7 Å². The number of rotatable bonds is 4. The van der Waals surface area contributed by atoms with Gasteiger partial charge in [-0.25, -0.2) is 9.97 Å². The zero-order chi connectivity index (χ0) is 17.9. The second kappa shape index (κ2) is 7.61. The van der Waals surface area contributed by atoms with Crippen LogP contribution in [0, 0.1) is 6.92 Å². The Bertz CT molecular complexity index is 727. The van der Waals surface area contributed by atoms with E-state index in [2.05, 4.69) is 31.9 Å². The van der Waals surface area contributed by atoms with Gasteiger partial charge in [-0.05, 0) is 32.3 Å². The Morgan fingerprint density at radius 2 is 1.54 bits per heavy atom. The van der Waals surface area contributed by atoms with Crippen LogP contribution in [0.1, 0.15) is 30.8 Å². The third-order valence-electron chi connectivity index (χ3n) is 5.50. The molecule has 0 saturated carbocycles. The van der Waals surface area contributed by atoms with E-state index in [1.165, 1.54) is 25.0 Å². The van der Waals surface area contributed by atoms with Crippen LogP contribution in [0.2, 0.25) is 0 Å². The van der Waals surface area contributed by atoms with Crippen LogP contribution < -0.4 is 9.80 Å². The van der Waals surface area contributed by atoms with E-state index >= 15 is 0 Å². The first-order valence-electron chi connectivity index (χ1n) is 9.74. The second-order valence-corrected chi connectivity index (χ2v) is 7.39. The van der Waals surface area contributed by atoms with E-state index in [0.717, 1.165) is 63.3 Å². The van der Waals surface area contributed by atoms with E-state index in [4.69, 9.17) is 9.97 Å². The van der Waals surface area contributed by atoms with Gasteiger partial charge in [0.05, 0.1) is 5.69 Å². The number of hydrogen-bond donors (Lipinski definition) is 0. The number of aromatic nitrogens is 4. The van der Waals surface area contributed by atoms with Gasteiger partial charge >= 0.3 is 0 Å². The fourth-order valence-corrected chi connectivity index (χ4v) is 3.90. The molecule has 0 atom stereocenters. The zero-order valence-corrected chi connectivity index (χ0v) is 15.9. The van der Waals surface area contributed by atoms with Crippen molar-refractivity contribution >= 4 is 11.6 Å². The lowest BCUT2D eigenvalue weighted by atomic mass is 10.1. The SMILES string of the molecule is Cc1nc(N2CCCCC2)cc(N2CCN(Cc3ccnn3C)CC2)n1. The summed E-state index contributed by atoms with van der Waals surface area (Å²) >= 11 is 0. The lowest BCUT2D eigenvalue weighted by Gasteiger charge is -2.36. The van der Waals surface area contributed by atoms with Crippen molar-refractivity contribution in [2.75, 3.05) is 49.1 Å². The van der Waals surface area contributed by atoms with Crippen LogP contribution in [0.5, 0.6) is 0 Å². The molecule has 7 heteroatoms. The molecular weight excluding hydrogens is 326 g/mol. The molecule has 2 fully saturated rings. The van der Waals surface area contributed by atoms with Gasteiger partial charge in [0.15, 0.2) is 0 Å². The van der Waals surface area contributed by atoms with Gasteiger partial charge in [-0.3, -0.25) is 9.58 Å². The summed E-state index contributed by atoms with van der Waals surface area (Å²) in [6.45, 7) is 9.33. The molecule has 0 unspecified atom stereocenters. The van der Waals surface area contributed by atoms with E-state index in [-0.39, 0.29) is 0 Å². The lowest BCUT2D eigenvalue weighted by Crippen LogP contribution is -2.46. The van der Waals surface area contributed by atoms with E-state index in [9.17, 15) is 0 Å². The quantitative estimate of drug-likeness (QED) is 0.834. The Kier molecular flexibility index (Phi) is 5.06. The zero-order valence-electron chi connectivity index (χ0n) is 15.9. The van der Waals surface area contributed by atoms with E-state index in [1.54, 1.807) is 0 Å². The lowest BCUT2D eigenvalue weighted by molar-refractivity contribution is 0.243. The predicted molar refractivity (Wildman–Crippen MR) is 104 cm³/mol. The van der Waals surface area contributed by atoms with Crippen molar-refractivity contribution in [1.29, 1.82) is 0 Å². The van der Waals surface area contributed by atoms with Gasteiger partial charge < -0.3 is 9.80 Å². The molecule has 2 aromatic heterocycles. The van der Waals surface area contributed by atoms with Crippen LogP contribution in [-0.4, -0.2) is 63.9 Å². The largest absolute Gasteiger partial charge is 0.356 e. The van der Waals surface area contributed by atoms with E-state index < -0.39 is 0 Å². The number of hydrogen-bond acceptors (Lipinski definition) is 6. The molecule has 26 heavy (non-hydrogen) atoms. The Morgan fingerprint density at radius 1 is 0.885 bits per heavy atom.